The van der Waals surface area contributed by atoms with Crippen LogP contribution in [0.1, 0.15) is 47.5 Å². The Balaban J connectivity index is 2.58. The van der Waals surface area contributed by atoms with Crippen LogP contribution in [0.4, 0.5) is 0 Å². The number of pyridine rings is 1. The normalized spacial score (nSPS) is 15.4. The lowest BCUT2D eigenvalue weighted by atomic mass is 9.96. The highest BCUT2D eigenvalue weighted by Crippen LogP contribution is 2.25. The fourth-order valence-corrected chi connectivity index (χ4v) is 2.49. The van der Waals surface area contributed by atoms with Gasteiger partial charge in [-0.1, -0.05) is 31.5 Å². The lowest BCUT2D eigenvalue weighted by Crippen LogP contribution is -2.32. The molecule has 0 radical (unpaired) electrons. The fourth-order valence-electron chi connectivity index (χ4n) is 2.49. The van der Waals surface area contributed by atoms with Crippen LogP contribution in [0, 0.1) is 20.7 Å². The molecule has 2 aromatic rings. The minimum absolute atomic E-state index is 0.363. The predicted molar refractivity (Wildman–Crippen MR) is 81.4 cm³/mol. The largest absolute Gasteiger partial charge is 0.212 e. The van der Waals surface area contributed by atoms with Crippen LogP contribution in [0.15, 0.2) is 30.5 Å². The molecule has 0 amide bonds. The van der Waals surface area contributed by atoms with Crippen LogP contribution in [0.25, 0.3) is 11.3 Å². The number of rotatable bonds is 2. The zero-order valence-electron chi connectivity index (χ0n) is 16.3. The molecule has 0 N–H and O–H groups in total. The monoisotopic (exact) mass is 258 g/mol. The molecular formula is C18H24N+. The molecule has 0 aliphatic heterocycles. The Hall–Kier alpha value is -1.63. The molecule has 1 nitrogen and oxygen atoms in total. The Bertz CT molecular complexity index is 740. The van der Waals surface area contributed by atoms with Crippen LogP contribution in [-0.4, -0.2) is 0 Å². The molecule has 0 fully saturated rings. The first-order valence-electron chi connectivity index (χ1n) is 8.53. The zero-order chi connectivity index (χ0) is 17.6. The average molecular weight is 258 g/mol. The summed E-state index contributed by atoms with van der Waals surface area (Å²) in [5, 5.41) is 0. The average Bonchev–Trinajstić information content (AvgIpc) is 2.39. The van der Waals surface area contributed by atoms with Gasteiger partial charge in [-0.05, 0) is 43.8 Å². The summed E-state index contributed by atoms with van der Waals surface area (Å²) in [6.45, 7) is 5.63. The Labute approximate surface area is 122 Å². The molecule has 0 spiro atoms. The second-order valence-electron chi connectivity index (χ2n) is 5.40. The highest BCUT2D eigenvalue weighted by Gasteiger charge is 2.16. The molecule has 100 valence electrons. The zero-order valence-corrected chi connectivity index (χ0v) is 12.3. The van der Waals surface area contributed by atoms with Gasteiger partial charge in [-0.25, -0.2) is 4.57 Å². The summed E-state index contributed by atoms with van der Waals surface area (Å²) in [6.07, 6.45) is 1.99. The van der Waals surface area contributed by atoms with Gasteiger partial charge in [0.05, 0.1) is 0 Å². The van der Waals surface area contributed by atoms with Crippen molar-refractivity contribution in [2.75, 3.05) is 0 Å². The molecule has 0 saturated heterocycles. The van der Waals surface area contributed by atoms with Crippen molar-refractivity contribution in [3.05, 3.63) is 52.7 Å². The van der Waals surface area contributed by atoms with E-state index in [1.807, 2.05) is 51.6 Å². The highest BCUT2D eigenvalue weighted by atomic mass is 14.9. The molecule has 2 rings (SSSR count). The summed E-state index contributed by atoms with van der Waals surface area (Å²) < 4.78 is 32.8. The Morgan fingerprint density at radius 3 is 2.47 bits per heavy atom. The Kier molecular flexibility index (Phi) is 2.53. The number of nitrogens with zero attached hydrogens (tertiary/aromatic N) is 1. The Morgan fingerprint density at radius 1 is 1.16 bits per heavy atom. The lowest BCUT2D eigenvalue weighted by Gasteiger charge is -2.11. The van der Waals surface area contributed by atoms with Crippen LogP contribution in [0.2, 0.25) is 0 Å². The van der Waals surface area contributed by atoms with Crippen LogP contribution in [0.3, 0.4) is 0 Å². The molecule has 1 heteroatoms. The summed E-state index contributed by atoms with van der Waals surface area (Å²) in [4.78, 5) is 0. The third-order valence-corrected chi connectivity index (χ3v) is 3.52. The van der Waals surface area contributed by atoms with Gasteiger partial charge < -0.3 is 0 Å². The first-order chi connectivity index (χ1) is 10.4. The molecular weight excluding hydrogens is 230 g/mol. The van der Waals surface area contributed by atoms with Crippen LogP contribution < -0.4 is 4.57 Å². The van der Waals surface area contributed by atoms with Gasteiger partial charge >= 0.3 is 0 Å². The summed E-state index contributed by atoms with van der Waals surface area (Å²) >= 11 is 0. The molecule has 0 aliphatic carbocycles. The maximum Gasteiger partial charge on any atom is 0.212 e. The third kappa shape index (κ3) is 2.70. The van der Waals surface area contributed by atoms with Gasteiger partial charge in [-0.15, -0.1) is 0 Å². The van der Waals surface area contributed by atoms with E-state index in [1.54, 1.807) is 12.1 Å². The topological polar surface area (TPSA) is 3.88 Å². The van der Waals surface area contributed by atoms with Gasteiger partial charge in [0.1, 0.15) is 7.05 Å². The van der Waals surface area contributed by atoms with Crippen molar-refractivity contribution in [1.82, 2.24) is 0 Å². The molecule has 0 saturated carbocycles. The number of aryl methyl sites for hydroxylation is 4. The minimum atomic E-state index is -2.08. The summed E-state index contributed by atoms with van der Waals surface area (Å²) in [5.41, 5.74) is 5.38. The van der Waals surface area contributed by atoms with E-state index < -0.39 is 12.7 Å². The van der Waals surface area contributed by atoms with Crippen molar-refractivity contribution >= 4 is 0 Å². The standard InChI is InChI=1S/C18H24N/c1-12(2)17-11-19(6)18(10-15(17)5)16-8-7-13(3)9-14(16)4/h7-12H,1-6H3/q+1/i3D3,12D. The maximum absolute atomic E-state index is 8.25. The molecule has 19 heavy (non-hydrogen) atoms. The molecule has 0 bridgehead atoms. The minimum Gasteiger partial charge on any atom is -0.201 e. The fraction of sp³-hybridized carbons (Fsp3) is 0.389. The lowest BCUT2D eigenvalue weighted by molar-refractivity contribution is -0.660. The van der Waals surface area contributed by atoms with Gasteiger partial charge in [-0.2, -0.15) is 0 Å². The molecule has 0 unspecified atom stereocenters. The van der Waals surface area contributed by atoms with Gasteiger partial charge in [0.15, 0.2) is 6.20 Å². The van der Waals surface area contributed by atoms with Crippen LogP contribution >= 0.6 is 0 Å². The predicted octanol–water partition coefficient (Wildman–Crippen LogP) is 4.23. The molecule has 1 aromatic heterocycles. The quantitative estimate of drug-likeness (QED) is 0.710. The summed E-state index contributed by atoms with van der Waals surface area (Å²) in [6, 6.07) is 7.35. The van der Waals surface area contributed by atoms with E-state index in [2.05, 4.69) is 6.07 Å². The van der Waals surface area contributed by atoms with E-state index in [0.717, 1.165) is 27.9 Å². The van der Waals surface area contributed by atoms with Crippen molar-refractivity contribution in [3.8, 4) is 11.3 Å². The van der Waals surface area contributed by atoms with Crippen LogP contribution in [-0.2, 0) is 7.05 Å². The first kappa shape index (κ1) is 9.30. The second-order valence-corrected chi connectivity index (χ2v) is 5.40. The van der Waals surface area contributed by atoms with Crippen molar-refractivity contribution < 1.29 is 10.1 Å². The summed E-state index contributed by atoms with van der Waals surface area (Å²) in [5.74, 6) is -0.652. The van der Waals surface area contributed by atoms with E-state index in [9.17, 15) is 0 Å². The van der Waals surface area contributed by atoms with E-state index in [0.29, 0.717) is 5.56 Å². The third-order valence-electron chi connectivity index (χ3n) is 3.52. The van der Waals surface area contributed by atoms with Crippen LogP contribution in [0.5, 0.6) is 0 Å². The van der Waals surface area contributed by atoms with Crippen molar-refractivity contribution in [1.29, 1.82) is 0 Å². The van der Waals surface area contributed by atoms with Gasteiger partial charge in [0.2, 0.25) is 5.69 Å². The van der Waals surface area contributed by atoms with E-state index >= 15 is 0 Å². The summed E-state index contributed by atoms with van der Waals surface area (Å²) in [7, 11) is 1.96. The van der Waals surface area contributed by atoms with Crippen molar-refractivity contribution in [2.45, 2.75) is 40.4 Å². The number of hydrogen-bond donors (Lipinski definition) is 0. The van der Waals surface area contributed by atoms with E-state index in [-0.39, 0.29) is 0 Å². The first-order valence-corrected chi connectivity index (χ1v) is 6.53. The maximum atomic E-state index is 8.25. The SMILES string of the molecule is [2H]C([2H])([2H])c1ccc(-c2cc(C)c(C([2H])(C)C)c[n+]2C)c(C)c1. The smallest absolute Gasteiger partial charge is 0.201 e. The Morgan fingerprint density at radius 2 is 1.89 bits per heavy atom. The number of aromatic nitrogens is 1. The van der Waals surface area contributed by atoms with Gasteiger partial charge in [0.25, 0.3) is 0 Å². The van der Waals surface area contributed by atoms with E-state index in [1.165, 1.54) is 0 Å². The van der Waals surface area contributed by atoms with Gasteiger partial charge in [-0.3, -0.25) is 0 Å². The molecule has 0 atom stereocenters. The number of hydrogen-bond acceptors (Lipinski definition) is 0. The number of benzene rings is 1. The van der Waals surface area contributed by atoms with Crippen molar-refractivity contribution in [2.24, 2.45) is 7.05 Å². The molecule has 1 heterocycles. The van der Waals surface area contributed by atoms with Gasteiger partial charge in [0, 0.05) is 22.7 Å². The molecule has 0 aliphatic rings. The second kappa shape index (κ2) is 5.16. The molecule has 1 aromatic carbocycles. The van der Waals surface area contributed by atoms with Crippen molar-refractivity contribution in [3.63, 3.8) is 0 Å². The van der Waals surface area contributed by atoms with E-state index in [4.69, 9.17) is 5.48 Å². The highest BCUT2D eigenvalue weighted by molar-refractivity contribution is 5.62.